The second-order valence-electron chi connectivity index (χ2n) is 5.49. The van der Waals surface area contributed by atoms with Crippen molar-refractivity contribution in [3.63, 3.8) is 0 Å². The van der Waals surface area contributed by atoms with E-state index in [0.29, 0.717) is 0 Å². The number of hydrogen-bond acceptors (Lipinski definition) is 2. The summed E-state index contributed by atoms with van der Waals surface area (Å²) < 4.78 is 0. The summed E-state index contributed by atoms with van der Waals surface area (Å²) >= 11 is 2.23. The van der Waals surface area contributed by atoms with Crippen molar-refractivity contribution in [2.75, 3.05) is 12.3 Å². The third kappa shape index (κ3) is 4.29. The zero-order valence-corrected chi connectivity index (χ0v) is 11.5. The number of rotatable bonds is 7. The molecule has 0 bridgehead atoms. The summed E-state index contributed by atoms with van der Waals surface area (Å²) in [5.41, 5.74) is 0. The van der Waals surface area contributed by atoms with E-state index in [0.717, 1.165) is 17.2 Å². The van der Waals surface area contributed by atoms with Crippen molar-refractivity contribution >= 4 is 11.8 Å². The van der Waals surface area contributed by atoms with E-state index in [9.17, 15) is 0 Å². The zero-order chi connectivity index (χ0) is 11.2. The van der Waals surface area contributed by atoms with Gasteiger partial charge < -0.3 is 5.32 Å². The van der Waals surface area contributed by atoms with Crippen LogP contribution in [0.3, 0.4) is 0 Å². The van der Waals surface area contributed by atoms with Crippen LogP contribution in [0.1, 0.15) is 58.3 Å². The Hall–Kier alpha value is 0.310. The standard InChI is InChI=1S/C14H27NS/c1-2-10-15-13(9-8-12-6-7-12)14-5-3-4-11-16-14/h12-15H,2-11H2,1H3. The lowest BCUT2D eigenvalue weighted by Crippen LogP contribution is -2.39. The number of thioether (sulfide) groups is 1. The average molecular weight is 241 g/mol. The molecule has 2 fully saturated rings. The first kappa shape index (κ1) is 12.8. The monoisotopic (exact) mass is 241 g/mol. The number of nitrogens with one attached hydrogen (secondary N) is 1. The van der Waals surface area contributed by atoms with E-state index in [2.05, 4.69) is 24.0 Å². The first-order valence-corrected chi connectivity index (χ1v) is 8.30. The molecule has 94 valence electrons. The first-order chi connectivity index (χ1) is 7.90. The molecule has 1 nitrogen and oxygen atoms in total. The number of hydrogen-bond donors (Lipinski definition) is 1. The fourth-order valence-corrected chi connectivity index (χ4v) is 4.13. The summed E-state index contributed by atoms with van der Waals surface area (Å²) in [5.74, 6) is 2.50. The van der Waals surface area contributed by atoms with Crippen LogP contribution in [0.25, 0.3) is 0 Å². The van der Waals surface area contributed by atoms with Crippen molar-refractivity contribution in [3.05, 3.63) is 0 Å². The molecule has 1 N–H and O–H groups in total. The smallest absolute Gasteiger partial charge is 0.0201 e. The Bertz CT molecular complexity index is 185. The van der Waals surface area contributed by atoms with Crippen molar-refractivity contribution in [1.29, 1.82) is 0 Å². The molecule has 2 rings (SSSR count). The second-order valence-corrected chi connectivity index (χ2v) is 6.83. The lowest BCUT2D eigenvalue weighted by atomic mass is 10.0. The van der Waals surface area contributed by atoms with Gasteiger partial charge in [0.15, 0.2) is 0 Å². The van der Waals surface area contributed by atoms with Gasteiger partial charge in [-0.15, -0.1) is 0 Å². The molecular weight excluding hydrogens is 214 g/mol. The van der Waals surface area contributed by atoms with Crippen LogP contribution in [-0.4, -0.2) is 23.6 Å². The van der Waals surface area contributed by atoms with Gasteiger partial charge in [-0.2, -0.15) is 11.8 Å². The van der Waals surface area contributed by atoms with Crippen molar-refractivity contribution in [2.45, 2.75) is 69.6 Å². The summed E-state index contributed by atoms with van der Waals surface area (Å²) in [6.07, 6.45) is 11.6. The molecule has 2 heteroatoms. The highest BCUT2D eigenvalue weighted by atomic mass is 32.2. The molecule has 1 aliphatic heterocycles. The molecule has 0 aromatic heterocycles. The molecule has 1 saturated heterocycles. The van der Waals surface area contributed by atoms with Crippen molar-refractivity contribution in [1.82, 2.24) is 5.32 Å². The van der Waals surface area contributed by atoms with E-state index in [1.54, 1.807) is 0 Å². The Labute approximate surface area is 105 Å². The van der Waals surface area contributed by atoms with Crippen molar-refractivity contribution in [3.8, 4) is 0 Å². The van der Waals surface area contributed by atoms with Crippen LogP contribution in [0.2, 0.25) is 0 Å². The third-order valence-electron chi connectivity index (χ3n) is 3.90. The minimum Gasteiger partial charge on any atom is -0.313 e. The second kappa shape index (κ2) is 6.90. The van der Waals surface area contributed by atoms with Crippen LogP contribution >= 0.6 is 11.8 Å². The third-order valence-corrected chi connectivity index (χ3v) is 5.42. The molecule has 1 aliphatic carbocycles. The highest BCUT2D eigenvalue weighted by Crippen LogP contribution is 2.36. The molecule has 0 radical (unpaired) electrons. The summed E-state index contributed by atoms with van der Waals surface area (Å²) in [6.45, 7) is 3.49. The molecule has 2 unspecified atom stereocenters. The summed E-state index contributed by atoms with van der Waals surface area (Å²) in [7, 11) is 0. The van der Waals surface area contributed by atoms with Crippen LogP contribution < -0.4 is 5.32 Å². The van der Waals surface area contributed by atoms with Gasteiger partial charge in [0.25, 0.3) is 0 Å². The predicted octanol–water partition coefficient (Wildman–Crippen LogP) is 3.83. The maximum atomic E-state index is 3.80. The predicted molar refractivity (Wildman–Crippen MR) is 74.1 cm³/mol. The SMILES string of the molecule is CCCNC(CCC1CC1)C1CCCCS1. The van der Waals surface area contributed by atoms with Gasteiger partial charge in [-0.25, -0.2) is 0 Å². The first-order valence-electron chi connectivity index (χ1n) is 7.25. The molecule has 0 spiro atoms. The highest BCUT2D eigenvalue weighted by molar-refractivity contribution is 8.00. The van der Waals surface area contributed by atoms with Gasteiger partial charge in [-0.05, 0) is 50.3 Å². The largest absolute Gasteiger partial charge is 0.313 e. The van der Waals surface area contributed by atoms with Gasteiger partial charge in [0, 0.05) is 11.3 Å². The van der Waals surface area contributed by atoms with Gasteiger partial charge in [-0.1, -0.05) is 26.2 Å². The Morgan fingerprint density at radius 3 is 2.75 bits per heavy atom. The van der Waals surface area contributed by atoms with E-state index in [-0.39, 0.29) is 0 Å². The highest BCUT2D eigenvalue weighted by Gasteiger charge is 2.27. The summed E-state index contributed by atoms with van der Waals surface area (Å²) in [6, 6.07) is 0.811. The molecule has 2 aliphatic rings. The topological polar surface area (TPSA) is 12.0 Å². The van der Waals surface area contributed by atoms with Crippen LogP contribution in [0.15, 0.2) is 0 Å². The maximum absolute atomic E-state index is 3.80. The molecule has 1 heterocycles. The van der Waals surface area contributed by atoms with E-state index in [4.69, 9.17) is 0 Å². The van der Waals surface area contributed by atoms with Gasteiger partial charge in [0.2, 0.25) is 0 Å². The molecule has 0 amide bonds. The maximum Gasteiger partial charge on any atom is 0.0201 e. The van der Waals surface area contributed by atoms with E-state index in [1.165, 1.54) is 63.7 Å². The lowest BCUT2D eigenvalue weighted by Gasteiger charge is -2.30. The molecule has 1 saturated carbocycles. The van der Waals surface area contributed by atoms with Gasteiger partial charge >= 0.3 is 0 Å². The van der Waals surface area contributed by atoms with Gasteiger partial charge in [0.1, 0.15) is 0 Å². The fourth-order valence-electron chi connectivity index (χ4n) is 2.65. The van der Waals surface area contributed by atoms with Crippen molar-refractivity contribution < 1.29 is 0 Å². The molecule has 0 aromatic carbocycles. The van der Waals surface area contributed by atoms with E-state index in [1.807, 2.05) is 0 Å². The quantitative estimate of drug-likeness (QED) is 0.727. The molecule has 0 aromatic rings. The Kier molecular flexibility index (Phi) is 5.51. The minimum absolute atomic E-state index is 0.811. The molecule has 16 heavy (non-hydrogen) atoms. The van der Waals surface area contributed by atoms with Crippen LogP contribution in [-0.2, 0) is 0 Å². The minimum atomic E-state index is 0.811. The van der Waals surface area contributed by atoms with Crippen LogP contribution in [0.5, 0.6) is 0 Å². The van der Waals surface area contributed by atoms with E-state index < -0.39 is 0 Å². The molecular formula is C14H27NS. The zero-order valence-electron chi connectivity index (χ0n) is 10.7. The fraction of sp³-hybridized carbons (Fsp3) is 1.00. The Morgan fingerprint density at radius 2 is 2.12 bits per heavy atom. The van der Waals surface area contributed by atoms with Gasteiger partial charge in [-0.3, -0.25) is 0 Å². The van der Waals surface area contributed by atoms with E-state index >= 15 is 0 Å². The normalized spacial score (nSPS) is 27.9. The lowest BCUT2D eigenvalue weighted by molar-refractivity contribution is 0.421. The van der Waals surface area contributed by atoms with Crippen LogP contribution in [0.4, 0.5) is 0 Å². The summed E-state index contributed by atoms with van der Waals surface area (Å²) in [5, 5.41) is 4.72. The Balaban J connectivity index is 1.73. The Morgan fingerprint density at radius 1 is 1.25 bits per heavy atom. The average Bonchev–Trinajstić information content (AvgIpc) is 3.14. The summed E-state index contributed by atoms with van der Waals surface area (Å²) in [4.78, 5) is 0. The molecule has 2 atom stereocenters. The van der Waals surface area contributed by atoms with Crippen LogP contribution in [0, 0.1) is 5.92 Å². The van der Waals surface area contributed by atoms with Gasteiger partial charge in [0.05, 0.1) is 0 Å². The van der Waals surface area contributed by atoms with Crippen molar-refractivity contribution in [2.24, 2.45) is 5.92 Å².